The first-order valence-electron chi connectivity index (χ1n) is 9.09. The summed E-state index contributed by atoms with van der Waals surface area (Å²) < 4.78 is 45.8. The zero-order valence-electron chi connectivity index (χ0n) is 16.1. The van der Waals surface area contributed by atoms with E-state index in [1.54, 1.807) is 44.2 Å². The molecule has 1 amide bonds. The van der Waals surface area contributed by atoms with E-state index in [1.165, 1.54) is 0 Å². The molecule has 0 bridgehead atoms. The van der Waals surface area contributed by atoms with Crippen molar-refractivity contribution in [2.24, 2.45) is 0 Å². The van der Waals surface area contributed by atoms with Gasteiger partial charge in [0.25, 0.3) is 5.91 Å². The first kappa shape index (κ1) is 22.5. The number of amides is 1. The van der Waals surface area contributed by atoms with E-state index in [0.717, 1.165) is 18.2 Å². The largest absolute Gasteiger partial charge is 0.466 e. The first-order valence-corrected chi connectivity index (χ1v) is 10.6. The van der Waals surface area contributed by atoms with Crippen molar-refractivity contribution in [1.82, 2.24) is 10.0 Å². The van der Waals surface area contributed by atoms with Gasteiger partial charge in [0, 0.05) is 6.54 Å². The zero-order valence-corrected chi connectivity index (χ0v) is 17.0. The maximum atomic E-state index is 14.3. The van der Waals surface area contributed by atoms with Gasteiger partial charge in [-0.15, -0.1) is 0 Å². The smallest absolute Gasteiger partial charge is 0.308 e. The third kappa shape index (κ3) is 6.10. The molecule has 0 aliphatic carbocycles. The van der Waals surface area contributed by atoms with Crippen LogP contribution < -0.4 is 10.0 Å². The fraction of sp³-hybridized carbons (Fsp3) is 0.300. The summed E-state index contributed by atoms with van der Waals surface area (Å²) >= 11 is 0. The predicted molar refractivity (Wildman–Crippen MR) is 105 cm³/mol. The number of sulfonamides is 1. The van der Waals surface area contributed by atoms with Gasteiger partial charge >= 0.3 is 5.97 Å². The van der Waals surface area contributed by atoms with Crippen LogP contribution in [0.5, 0.6) is 0 Å². The Bertz CT molecular complexity index is 964. The van der Waals surface area contributed by atoms with Gasteiger partial charge < -0.3 is 10.1 Å². The number of esters is 1. The average Bonchev–Trinajstić information content (AvgIpc) is 2.68. The minimum atomic E-state index is -3.86. The molecule has 7 nitrogen and oxygen atoms in total. The van der Waals surface area contributed by atoms with Gasteiger partial charge in [-0.05, 0) is 30.7 Å². The van der Waals surface area contributed by atoms with E-state index in [2.05, 4.69) is 10.0 Å². The summed E-state index contributed by atoms with van der Waals surface area (Å²) in [7, 11) is -3.86. The lowest BCUT2D eigenvalue weighted by molar-refractivity contribution is -0.143. The van der Waals surface area contributed by atoms with Crippen LogP contribution >= 0.6 is 0 Å². The van der Waals surface area contributed by atoms with Crippen LogP contribution in [0.4, 0.5) is 4.39 Å². The average molecular weight is 422 g/mol. The Balaban J connectivity index is 2.32. The van der Waals surface area contributed by atoms with Crippen LogP contribution in [0.2, 0.25) is 0 Å². The molecule has 2 aromatic rings. The molecule has 156 valence electrons. The lowest BCUT2D eigenvalue weighted by Gasteiger charge is -2.19. The highest BCUT2D eigenvalue weighted by Gasteiger charge is 2.23. The SMILES string of the molecule is CCNS(=O)(=O)c1ccc(F)c(C(=O)NC(CC(=O)OCC)c2ccccc2)c1. The van der Waals surface area contributed by atoms with E-state index >= 15 is 0 Å². The lowest BCUT2D eigenvalue weighted by atomic mass is 10.0. The quantitative estimate of drug-likeness (QED) is 0.605. The molecule has 2 rings (SSSR count). The summed E-state index contributed by atoms with van der Waals surface area (Å²) in [6, 6.07) is 10.9. The molecule has 1 unspecified atom stereocenters. The number of carbonyl (C=O) groups is 2. The molecular formula is C20H23FN2O5S. The van der Waals surface area contributed by atoms with Gasteiger partial charge in [-0.25, -0.2) is 17.5 Å². The molecule has 2 N–H and O–H groups in total. The van der Waals surface area contributed by atoms with Crippen molar-refractivity contribution in [3.05, 3.63) is 65.5 Å². The molecule has 0 heterocycles. The van der Waals surface area contributed by atoms with Gasteiger partial charge in [-0.1, -0.05) is 37.3 Å². The number of nitrogens with one attached hydrogen (secondary N) is 2. The van der Waals surface area contributed by atoms with Crippen molar-refractivity contribution in [1.29, 1.82) is 0 Å². The van der Waals surface area contributed by atoms with Crippen LogP contribution in [0.3, 0.4) is 0 Å². The molecule has 0 fully saturated rings. The Hall–Kier alpha value is -2.78. The maximum Gasteiger partial charge on any atom is 0.308 e. The molecule has 0 saturated heterocycles. The van der Waals surface area contributed by atoms with E-state index in [0.29, 0.717) is 5.56 Å². The van der Waals surface area contributed by atoms with Crippen LogP contribution in [0, 0.1) is 5.82 Å². The number of benzene rings is 2. The fourth-order valence-electron chi connectivity index (χ4n) is 2.68. The second kappa shape index (κ2) is 10.1. The zero-order chi connectivity index (χ0) is 21.4. The third-order valence-corrected chi connectivity index (χ3v) is 5.55. The molecule has 0 aliphatic heterocycles. The third-order valence-electron chi connectivity index (χ3n) is 4.01. The van der Waals surface area contributed by atoms with Gasteiger partial charge in [0.05, 0.1) is 29.5 Å². The highest BCUT2D eigenvalue weighted by Crippen LogP contribution is 2.20. The molecule has 0 saturated carbocycles. The molecule has 29 heavy (non-hydrogen) atoms. The van der Waals surface area contributed by atoms with E-state index < -0.39 is 39.3 Å². The molecular weight excluding hydrogens is 399 g/mol. The highest BCUT2D eigenvalue weighted by molar-refractivity contribution is 7.89. The number of carbonyl (C=O) groups excluding carboxylic acids is 2. The summed E-state index contributed by atoms with van der Waals surface area (Å²) in [6.07, 6.45) is -0.152. The van der Waals surface area contributed by atoms with E-state index in [4.69, 9.17) is 4.74 Å². The van der Waals surface area contributed by atoms with Gasteiger partial charge in [0.2, 0.25) is 10.0 Å². The van der Waals surface area contributed by atoms with Crippen molar-refractivity contribution in [3.63, 3.8) is 0 Å². The Morgan fingerprint density at radius 1 is 1.10 bits per heavy atom. The summed E-state index contributed by atoms with van der Waals surface area (Å²) in [4.78, 5) is 24.4. The van der Waals surface area contributed by atoms with Crippen molar-refractivity contribution in [3.8, 4) is 0 Å². The second-order valence-corrected chi connectivity index (χ2v) is 7.86. The minimum Gasteiger partial charge on any atom is -0.466 e. The molecule has 0 radical (unpaired) electrons. The van der Waals surface area contributed by atoms with Gasteiger partial charge in [0.15, 0.2) is 0 Å². The predicted octanol–water partition coefficient (Wildman–Crippen LogP) is 2.55. The highest BCUT2D eigenvalue weighted by atomic mass is 32.2. The van der Waals surface area contributed by atoms with Crippen molar-refractivity contribution in [2.45, 2.75) is 31.2 Å². The number of rotatable bonds is 9. The fourth-order valence-corrected chi connectivity index (χ4v) is 3.75. The standard InChI is InChI=1S/C20H23FN2O5S/c1-3-22-29(26,27)15-10-11-17(21)16(12-15)20(25)23-18(13-19(24)28-4-2)14-8-6-5-7-9-14/h5-12,18,22H,3-4,13H2,1-2H3,(H,23,25). The Labute approximate surface area is 169 Å². The van der Waals surface area contributed by atoms with Crippen molar-refractivity contribution >= 4 is 21.9 Å². The minimum absolute atomic E-state index is 0.150. The molecule has 0 aromatic heterocycles. The van der Waals surface area contributed by atoms with Crippen LogP contribution in [0.15, 0.2) is 53.4 Å². The van der Waals surface area contributed by atoms with Crippen molar-refractivity contribution in [2.75, 3.05) is 13.2 Å². The normalized spacial score (nSPS) is 12.2. The van der Waals surface area contributed by atoms with Crippen LogP contribution in [-0.2, 0) is 19.6 Å². The van der Waals surface area contributed by atoms with E-state index in [9.17, 15) is 22.4 Å². The van der Waals surface area contributed by atoms with Crippen molar-refractivity contribution < 1.29 is 27.1 Å². The molecule has 1 atom stereocenters. The number of ether oxygens (including phenoxy) is 1. The molecule has 2 aromatic carbocycles. The number of halogens is 1. The first-order chi connectivity index (χ1) is 13.8. The van der Waals surface area contributed by atoms with E-state index in [1.807, 2.05) is 0 Å². The van der Waals surface area contributed by atoms with Crippen LogP contribution in [-0.4, -0.2) is 33.4 Å². The van der Waals surface area contributed by atoms with Gasteiger partial charge in [-0.2, -0.15) is 0 Å². The Kier molecular flexibility index (Phi) is 7.86. The monoisotopic (exact) mass is 422 g/mol. The molecule has 0 aliphatic rings. The Morgan fingerprint density at radius 2 is 1.79 bits per heavy atom. The number of hydrogen-bond acceptors (Lipinski definition) is 5. The molecule has 0 spiro atoms. The summed E-state index contributed by atoms with van der Waals surface area (Å²) in [5.74, 6) is -2.24. The summed E-state index contributed by atoms with van der Waals surface area (Å²) in [5, 5.41) is 2.60. The summed E-state index contributed by atoms with van der Waals surface area (Å²) in [5.41, 5.74) is 0.194. The van der Waals surface area contributed by atoms with Crippen LogP contribution in [0.25, 0.3) is 0 Å². The number of hydrogen-bond donors (Lipinski definition) is 2. The lowest BCUT2D eigenvalue weighted by Crippen LogP contribution is -2.31. The van der Waals surface area contributed by atoms with Gasteiger partial charge in [-0.3, -0.25) is 9.59 Å². The topological polar surface area (TPSA) is 102 Å². The summed E-state index contributed by atoms with van der Waals surface area (Å²) in [6.45, 7) is 3.61. The van der Waals surface area contributed by atoms with E-state index in [-0.39, 0.29) is 24.5 Å². The van der Waals surface area contributed by atoms with Crippen LogP contribution in [0.1, 0.15) is 42.2 Å². The second-order valence-electron chi connectivity index (χ2n) is 6.09. The maximum absolute atomic E-state index is 14.3. The Morgan fingerprint density at radius 3 is 2.41 bits per heavy atom. The van der Waals surface area contributed by atoms with Gasteiger partial charge in [0.1, 0.15) is 5.82 Å². The molecule has 9 heteroatoms.